The van der Waals surface area contributed by atoms with Crippen LogP contribution in [0, 0.1) is 11.7 Å². The number of aromatic nitrogens is 1. The molecular weight excluding hydrogens is 421 g/mol. The third-order valence-electron chi connectivity index (χ3n) is 6.99. The number of fused-ring (bicyclic) bond motifs is 1. The number of hydrogen-bond acceptors (Lipinski definition) is 5. The van der Waals surface area contributed by atoms with Crippen LogP contribution in [0.15, 0.2) is 36.4 Å². The van der Waals surface area contributed by atoms with Gasteiger partial charge in [-0.3, -0.25) is 9.78 Å². The van der Waals surface area contributed by atoms with E-state index in [4.69, 9.17) is 9.72 Å². The number of nitrogens with zero attached hydrogens (tertiary/aromatic N) is 2. The lowest BCUT2D eigenvalue weighted by molar-refractivity contribution is -0.125. The first-order valence-electron chi connectivity index (χ1n) is 11.9. The molecule has 1 aliphatic carbocycles. The third kappa shape index (κ3) is 5.08. The van der Waals surface area contributed by atoms with Crippen LogP contribution in [0.2, 0.25) is 0 Å². The molecule has 1 saturated heterocycles. The summed E-state index contributed by atoms with van der Waals surface area (Å²) in [6.45, 7) is 2.12. The lowest BCUT2D eigenvalue weighted by Gasteiger charge is -2.38. The maximum absolute atomic E-state index is 12.9. The van der Waals surface area contributed by atoms with Crippen molar-refractivity contribution in [3.05, 3.63) is 53.6 Å². The second kappa shape index (κ2) is 10.4. The van der Waals surface area contributed by atoms with Crippen LogP contribution in [0.1, 0.15) is 49.9 Å². The van der Waals surface area contributed by atoms with Gasteiger partial charge in [0.1, 0.15) is 12.1 Å². The number of hydrogen-bond donors (Lipinski definition) is 1. The van der Waals surface area contributed by atoms with Gasteiger partial charge in [-0.25, -0.2) is 4.39 Å². The fraction of sp³-hybridized carbons (Fsp3) is 0.500. The Morgan fingerprint density at radius 1 is 1.15 bits per heavy atom. The van der Waals surface area contributed by atoms with Crippen molar-refractivity contribution >= 4 is 23.6 Å². The Kier molecular flexibility index (Phi) is 7.38. The van der Waals surface area contributed by atoms with Gasteiger partial charge in [0.2, 0.25) is 5.91 Å². The number of ether oxygens (including phenoxy) is 1. The second-order valence-electron chi connectivity index (χ2n) is 9.03. The zero-order valence-corrected chi connectivity index (χ0v) is 19.2. The van der Waals surface area contributed by atoms with Gasteiger partial charge < -0.3 is 19.7 Å². The highest BCUT2D eigenvalue weighted by molar-refractivity contribution is 5.96. The summed E-state index contributed by atoms with van der Waals surface area (Å²) < 4.78 is 17.6. The van der Waals surface area contributed by atoms with E-state index in [9.17, 15) is 14.0 Å². The van der Waals surface area contributed by atoms with Crippen LogP contribution in [-0.2, 0) is 26.2 Å². The van der Waals surface area contributed by atoms with E-state index in [-0.39, 0.29) is 23.1 Å². The first-order chi connectivity index (χ1) is 16.1. The summed E-state index contributed by atoms with van der Waals surface area (Å²) in [5.74, 6) is 0.0777. The Balaban J connectivity index is 0.000000243. The van der Waals surface area contributed by atoms with Crippen LogP contribution in [0.25, 0.3) is 0 Å². The smallest absolute Gasteiger partial charge is 0.230 e. The summed E-state index contributed by atoms with van der Waals surface area (Å²) in [6.07, 6.45) is 7.39. The average molecular weight is 454 g/mol. The molecule has 0 unspecified atom stereocenters. The Labute approximate surface area is 194 Å². The number of anilines is 2. The van der Waals surface area contributed by atoms with Crippen molar-refractivity contribution in [2.75, 3.05) is 37.0 Å². The quantitative estimate of drug-likeness (QED) is 0.700. The third-order valence-corrected chi connectivity index (χ3v) is 6.99. The van der Waals surface area contributed by atoms with Crippen molar-refractivity contribution in [2.24, 2.45) is 5.92 Å². The number of carbonyl (C=O) groups excluding carboxylic acids is 2. The lowest BCUT2D eigenvalue weighted by Crippen LogP contribution is -2.42. The predicted molar refractivity (Wildman–Crippen MR) is 126 cm³/mol. The van der Waals surface area contributed by atoms with Crippen LogP contribution in [0.4, 0.5) is 15.8 Å². The molecule has 0 bridgehead atoms. The Hall–Kier alpha value is -2.80. The highest BCUT2D eigenvalue weighted by Crippen LogP contribution is 2.42. The minimum atomic E-state index is -0.373. The number of nitrogens with one attached hydrogen (secondary N) is 1. The van der Waals surface area contributed by atoms with E-state index >= 15 is 0 Å². The molecule has 1 amide bonds. The van der Waals surface area contributed by atoms with Crippen molar-refractivity contribution in [1.82, 2.24) is 4.98 Å². The van der Waals surface area contributed by atoms with Gasteiger partial charge >= 0.3 is 0 Å². The molecule has 0 atom stereocenters. The number of aldehydes is 1. The van der Waals surface area contributed by atoms with Gasteiger partial charge in [0, 0.05) is 38.4 Å². The predicted octanol–water partition coefficient (Wildman–Crippen LogP) is 4.28. The largest absolute Gasteiger partial charge is 0.388 e. The van der Waals surface area contributed by atoms with Crippen molar-refractivity contribution in [3.63, 3.8) is 0 Å². The van der Waals surface area contributed by atoms with Gasteiger partial charge in [-0.05, 0) is 74.9 Å². The SMILES string of the molecule is CNc1ccc(F)cc1.O=CC1(c2ccc3c(n2)CCCN3C(=O)C2CCOCC2)CCC1. The summed E-state index contributed by atoms with van der Waals surface area (Å²) in [4.78, 5) is 31.2. The number of amides is 1. The molecule has 2 aliphatic heterocycles. The zero-order valence-electron chi connectivity index (χ0n) is 19.2. The summed E-state index contributed by atoms with van der Waals surface area (Å²) in [5, 5.41) is 2.89. The highest BCUT2D eigenvalue weighted by atomic mass is 19.1. The summed E-state index contributed by atoms with van der Waals surface area (Å²) in [6, 6.07) is 10.2. The van der Waals surface area contributed by atoms with E-state index < -0.39 is 0 Å². The Morgan fingerprint density at radius 2 is 1.88 bits per heavy atom. The molecular formula is C26H32FN3O3. The normalized spacial score (nSPS) is 19.4. The van der Waals surface area contributed by atoms with E-state index in [0.717, 1.165) is 80.5 Å². The van der Waals surface area contributed by atoms with Crippen molar-refractivity contribution in [1.29, 1.82) is 0 Å². The first-order valence-corrected chi connectivity index (χ1v) is 11.9. The summed E-state index contributed by atoms with van der Waals surface area (Å²) in [7, 11) is 1.80. The molecule has 2 aromatic rings. The number of rotatable bonds is 4. The minimum Gasteiger partial charge on any atom is -0.388 e. The van der Waals surface area contributed by atoms with Crippen LogP contribution in [0.3, 0.4) is 0 Å². The van der Waals surface area contributed by atoms with E-state index in [1.54, 1.807) is 19.2 Å². The molecule has 2 fully saturated rings. The van der Waals surface area contributed by atoms with Crippen molar-refractivity contribution < 1.29 is 18.7 Å². The molecule has 7 heteroatoms. The number of halogens is 1. The molecule has 1 saturated carbocycles. The molecule has 1 N–H and O–H groups in total. The van der Waals surface area contributed by atoms with E-state index in [1.165, 1.54) is 12.1 Å². The fourth-order valence-corrected chi connectivity index (χ4v) is 4.73. The van der Waals surface area contributed by atoms with Gasteiger partial charge in [0.05, 0.1) is 22.5 Å². The fourth-order valence-electron chi connectivity index (χ4n) is 4.73. The molecule has 3 aliphatic rings. The minimum absolute atomic E-state index is 0.0670. The van der Waals surface area contributed by atoms with Crippen LogP contribution < -0.4 is 10.2 Å². The molecule has 0 radical (unpaired) electrons. The van der Waals surface area contributed by atoms with E-state index in [1.807, 2.05) is 17.0 Å². The van der Waals surface area contributed by atoms with Gasteiger partial charge in [0.25, 0.3) is 0 Å². The van der Waals surface area contributed by atoms with E-state index in [2.05, 4.69) is 5.32 Å². The van der Waals surface area contributed by atoms with Crippen LogP contribution in [0.5, 0.6) is 0 Å². The van der Waals surface area contributed by atoms with Crippen molar-refractivity contribution in [3.8, 4) is 0 Å². The van der Waals surface area contributed by atoms with Crippen molar-refractivity contribution in [2.45, 2.75) is 50.4 Å². The highest BCUT2D eigenvalue weighted by Gasteiger charge is 2.40. The van der Waals surface area contributed by atoms with Gasteiger partial charge in [-0.1, -0.05) is 6.42 Å². The lowest BCUT2D eigenvalue weighted by atomic mass is 9.67. The van der Waals surface area contributed by atoms with E-state index in [0.29, 0.717) is 13.2 Å². The molecule has 33 heavy (non-hydrogen) atoms. The maximum Gasteiger partial charge on any atom is 0.230 e. The maximum atomic E-state index is 12.9. The Morgan fingerprint density at radius 3 is 2.48 bits per heavy atom. The molecule has 1 aromatic carbocycles. The molecule has 3 heterocycles. The summed E-state index contributed by atoms with van der Waals surface area (Å²) in [5.41, 5.74) is 3.37. The first kappa shape index (κ1) is 23.4. The second-order valence-corrected chi connectivity index (χ2v) is 9.03. The number of aryl methyl sites for hydroxylation is 1. The van der Waals surface area contributed by atoms with Gasteiger partial charge in [-0.15, -0.1) is 0 Å². The Bertz CT molecular complexity index is 969. The molecule has 0 spiro atoms. The summed E-state index contributed by atoms with van der Waals surface area (Å²) >= 11 is 0. The zero-order chi connectivity index (χ0) is 23.3. The monoisotopic (exact) mass is 453 g/mol. The molecule has 5 rings (SSSR count). The van der Waals surface area contributed by atoms with Gasteiger partial charge in [0.15, 0.2) is 0 Å². The number of carbonyl (C=O) groups is 2. The molecule has 176 valence electrons. The molecule has 1 aromatic heterocycles. The standard InChI is InChI=1S/C19H24N2O3.C7H8FN/c22-13-19(8-2-9-19)17-5-4-16-15(20-17)3-1-10-21(16)18(23)14-6-11-24-12-7-14;1-9-7-4-2-6(8)3-5-7/h4-5,13-14H,1-3,6-12H2;2-5,9H,1H3. The van der Waals surface area contributed by atoms with Crippen LogP contribution >= 0.6 is 0 Å². The van der Waals surface area contributed by atoms with Crippen LogP contribution in [-0.4, -0.2) is 44.0 Å². The van der Waals surface area contributed by atoms with Gasteiger partial charge in [-0.2, -0.15) is 0 Å². The molecule has 6 nitrogen and oxygen atoms in total. The number of benzene rings is 1. The number of pyridine rings is 1. The topological polar surface area (TPSA) is 71.5 Å². The average Bonchev–Trinajstić information content (AvgIpc) is 2.84.